The van der Waals surface area contributed by atoms with Crippen molar-refractivity contribution in [3.8, 4) is 0 Å². The highest BCUT2D eigenvalue weighted by Crippen LogP contribution is 2.43. The lowest BCUT2D eigenvalue weighted by Crippen LogP contribution is -2.48. The standard InChI is InChI=1S/C18H25NOS/c19-17(16-9-13-3-1-2-4-14(13)10-16)15-5-7-20-18(11-15)6-8-21-12-18/h1-4,15-17H,5-12,19H2. The molecule has 3 aliphatic rings. The first-order valence-electron chi connectivity index (χ1n) is 8.30. The van der Waals surface area contributed by atoms with Crippen LogP contribution < -0.4 is 5.73 Å². The maximum atomic E-state index is 6.72. The molecule has 4 rings (SSSR count). The van der Waals surface area contributed by atoms with Gasteiger partial charge in [-0.15, -0.1) is 0 Å². The van der Waals surface area contributed by atoms with E-state index in [0.29, 0.717) is 17.9 Å². The summed E-state index contributed by atoms with van der Waals surface area (Å²) in [5, 5.41) is 0. The van der Waals surface area contributed by atoms with E-state index in [1.807, 2.05) is 11.8 Å². The van der Waals surface area contributed by atoms with Gasteiger partial charge in [-0.1, -0.05) is 24.3 Å². The fourth-order valence-electron chi connectivity index (χ4n) is 4.51. The van der Waals surface area contributed by atoms with Gasteiger partial charge >= 0.3 is 0 Å². The van der Waals surface area contributed by atoms with E-state index in [2.05, 4.69) is 24.3 Å². The second-order valence-corrected chi connectivity index (χ2v) is 8.21. The summed E-state index contributed by atoms with van der Waals surface area (Å²) in [5.74, 6) is 3.73. The monoisotopic (exact) mass is 303 g/mol. The first-order valence-corrected chi connectivity index (χ1v) is 9.45. The predicted molar refractivity (Wildman–Crippen MR) is 88.7 cm³/mol. The van der Waals surface area contributed by atoms with Gasteiger partial charge in [0.25, 0.3) is 0 Å². The zero-order valence-corrected chi connectivity index (χ0v) is 13.4. The second-order valence-electron chi connectivity index (χ2n) is 7.10. The summed E-state index contributed by atoms with van der Waals surface area (Å²) in [6, 6.07) is 9.21. The molecule has 1 aromatic carbocycles. The third-order valence-electron chi connectivity index (χ3n) is 5.77. The molecule has 0 saturated carbocycles. The van der Waals surface area contributed by atoms with E-state index in [-0.39, 0.29) is 5.60 Å². The molecule has 0 radical (unpaired) electrons. The van der Waals surface area contributed by atoms with Crippen LogP contribution in [0, 0.1) is 11.8 Å². The van der Waals surface area contributed by atoms with Crippen molar-refractivity contribution in [1.29, 1.82) is 0 Å². The van der Waals surface area contributed by atoms with Gasteiger partial charge in [-0.2, -0.15) is 11.8 Å². The lowest BCUT2D eigenvalue weighted by Gasteiger charge is -2.41. The molecule has 3 unspecified atom stereocenters. The van der Waals surface area contributed by atoms with E-state index in [0.717, 1.165) is 13.0 Å². The summed E-state index contributed by atoms with van der Waals surface area (Å²) in [6.07, 6.45) is 5.92. The van der Waals surface area contributed by atoms with E-state index < -0.39 is 0 Å². The molecule has 2 fully saturated rings. The smallest absolute Gasteiger partial charge is 0.0783 e. The van der Waals surface area contributed by atoms with Gasteiger partial charge < -0.3 is 10.5 Å². The summed E-state index contributed by atoms with van der Waals surface area (Å²) < 4.78 is 6.15. The molecule has 2 N–H and O–H groups in total. The molecule has 3 atom stereocenters. The molecule has 2 nitrogen and oxygen atoms in total. The summed E-state index contributed by atoms with van der Waals surface area (Å²) in [4.78, 5) is 0. The molecular formula is C18H25NOS. The van der Waals surface area contributed by atoms with Crippen LogP contribution in [0.5, 0.6) is 0 Å². The Hall–Kier alpha value is -0.510. The van der Waals surface area contributed by atoms with Gasteiger partial charge in [0.15, 0.2) is 0 Å². The first-order chi connectivity index (χ1) is 10.3. The minimum Gasteiger partial charge on any atom is -0.374 e. The van der Waals surface area contributed by atoms with E-state index >= 15 is 0 Å². The van der Waals surface area contributed by atoms with Crippen LogP contribution in [0.3, 0.4) is 0 Å². The predicted octanol–water partition coefficient (Wildman–Crippen LogP) is 3.03. The van der Waals surface area contributed by atoms with E-state index in [1.54, 1.807) is 0 Å². The third-order valence-corrected chi connectivity index (χ3v) is 6.99. The van der Waals surface area contributed by atoms with Crippen LogP contribution in [-0.2, 0) is 17.6 Å². The maximum absolute atomic E-state index is 6.72. The summed E-state index contributed by atoms with van der Waals surface area (Å²) in [5.41, 5.74) is 9.93. The number of nitrogens with two attached hydrogens (primary N) is 1. The van der Waals surface area contributed by atoms with Crippen LogP contribution in [0.4, 0.5) is 0 Å². The molecule has 1 spiro atoms. The van der Waals surface area contributed by atoms with Crippen LogP contribution in [-0.4, -0.2) is 29.8 Å². The maximum Gasteiger partial charge on any atom is 0.0783 e. The quantitative estimate of drug-likeness (QED) is 0.912. The number of hydrogen-bond acceptors (Lipinski definition) is 3. The van der Waals surface area contributed by atoms with Crippen molar-refractivity contribution in [2.45, 2.75) is 43.7 Å². The normalized spacial score (nSPS) is 34.2. The molecule has 1 aromatic rings. The Bertz CT molecular complexity index is 487. The first kappa shape index (κ1) is 14.1. The van der Waals surface area contributed by atoms with Crippen LogP contribution in [0.1, 0.15) is 30.4 Å². The molecule has 3 heteroatoms. The van der Waals surface area contributed by atoms with Crippen molar-refractivity contribution in [2.75, 3.05) is 18.1 Å². The molecular weight excluding hydrogens is 278 g/mol. The number of benzene rings is 1. The molecule has 21 heavy (non-hydrogen) atoms. The second kappa shape index (κ2) is 5.60. The Morgan fingerprint density at radius 1 is 1.19 bits per heavy atom. The summed E-state index contributed by atoms with van der Waals surface area (Å²) in [6.45, 7) is 0.915. The van der Waals surface area contributed by atoms with Crippen molar-refractivity contribution < 1.29 is 4.74 Å². The van der Waals surface area contributed by atoms with Gasteiger partial charge in [0.05, 0.1) is 5.60 Å². The van der Waals surface area contributed by atoms with Crippen molar-refractivity contribution in [3.63, 3.8) is 0 Å². The molecule has 1 aliphatic carbocycles. The minimum atomic E-state index is 0.163. The topological polar surface area (TPSA) is 35.2 Å². The van der Waals surface area contributed by atoms with Gasteiger partial charge in [-0.3, -0.25) is 0 Å². The van der Waals surface area contributed by atoms with E-state index in [9.17, 15) is 0 Å². The average Bonchev–Trinajstić information content (AvgIpc) is 3.13. The lowest BCUT2D eigenvalue weighted by molar-refractivity contribution is -0.0857. The van der Waals surface area contributed by atoms with Crippen molar-refractivity contribution >= 4 is 11.8 Å². The fourth-order valence-corrected chi connectivity index (χ4v) is 5.89. The highest BCUT2D eigenvalue weighted by Gasteiger charge is 2.43. The lowest BCUT2D eigenvalue weighted by atomic mass is 9.76. The van der Waals surface area contributed by atoms with Crippen molar-refractivity contribution in [1.82, 2.24) is 0 Å². The van der Waals surface area contributed by atoms with Gasteiger partial charge in [0.2, 0.25) is 0 Å². The Morgan fingerprint density at radius 3 is 2.62 bits per heavy atom. The van der Waals surface area contributed by atoms with E-state index in [1.165, 1.54) is 48.3 Å². The largest absolute Gasteiger partial charge is 0.374 e. The molecule has 114 valence electrons. The highest BCUT2D eigenvalue weighted by molar-refractivity contribution is 7.99. The third kappa shape index (κ3) is 2.64. The number of rotatable bonds is 2. The van der Waals surface area contributed by atoms with Gasteiger partial charge in [0, 0.05) is 18.4 Å². The SMILES string of the molecule is NC(C1Cc2ccccc2C1)C1CCOC2(CCSC2)C1. The minimum absolute atomic E-state index is 0.163. The Labute approximate surface area is 131 Å². The van der Waals surface area contributed by atoms with Crippen LogP contribution in [0.15, 0.2) is 24.3 Å². The van der Waals surface area contributed by atoms with Crippen molar-refractivity contribution in [2.24, 2.45) is 17.6 Å². The zero-order chi connectivity index (χ0) is 14.3. The number of ether oxygens (including phenoxy) is 1. The average molecular weight is 303 g/mol. The number of thioether (sulfide) groups is 1. The molecule has 2 heterocycles. The zero-order valence-electron chi connectivity index (χ0n) is 12.6. The highest BCUT2D eigenvalue weighted by atomic mass is 32.2. The Balaban J connectivity index is 1.45. The van der Waals surface area contributed by atoms with Crippen LogP contribution >= 0.6 is 11.8 Å². The molecule has 2 aliphatic heterocycles. The van der Waals surface area contributed by atoms with E-state index in [4.69, 9.17) is 10.5 Å². The summed E-state index contributed by atoms with van der Waals surface area (Å²) in [7, 11) is 0. The molecule has 0 aromatic heterocycles. The van der Waals surface area contributed by atoms with Crippen molar-refractivity contribution in [3.05, 3.63) is 35.4 Å². The van der Waals surface area contributed by atoms with Crippen LogP contribution in [0.2, 0.25) is 0 Å². The molecule has 0 amide bonds. The van der Waals surface area contributed by atoms with Gasteiger partial charge in [-0.25, -0.2) is 0 Å². The molecule has 2 saturated heterocycles. The molecule has 0 bridgehead atoms. The summed E-state index contributed by atoms with van der Waals surface area (Å²) >= 11 is 2.05. The fraction of sp³-hybridized carbons (Fsp3) is 0.667. The van der Waals surface area contributed by atoms with Gasteiger partial charge in [-0.05, 0) is 60.8 Å². The van der Waals surface area contributed by atoms with Gasteiger partial charge in [0.1, 0.15) is 0 Å². The Kier molecular flexibility index (Phi) is 3.76. The van der Waals surface area contributed by atoms with Crippen LogP contribution in [0.25, 0.3) is 0 Å². The Morgan fingerprint density at radius 2 is 1.95 bits per heavy atom. The number of fused-ring (bicyclic) bond motifs is 1. The number of hydrogen-bond donors (Lipinski definition) is 1.